The molecule has 1 amide bonds. The van der Waals surface area contributed by atoms with Crippen LogP contribution in [0.3, 0.4) is 0 Å². The zero-order chi connectivity index (χ0) is 14.5. The Balaban J connectivity index is 1.93. The van der Waals surface area contributed by atoms with E-state index in [1.165, 1.54) is 7.11 Å². The van der Waals surface area contributed by atoms with E-state index >= 15 is 0 Å². The van der Waals surface area contributed by atoms with Gasteiger partial charge in [-0.2, -0.15) is 0 Å². The molecule has 0 bridgehead atoms. The Morgan fingerprint density at radius 2 is 2.05 bits per heavy atom. The highest BCUT2D eigenvalue weighted by atomic mass is 16.5. The lowest BCUT2D eigenvalue weighted by Crippen LogP contribution is -2.29. The quantitative estimate of drug-likeness (QED) is 0.799. The van der Waals surface area contributed by atoms with Gasteiger partial charge in [0.15, 0.2) is 0 Å². The van der Waals surface area contributed by atoms with Gasteiger partial charge in [0.2, 0.25) is 0 Å². The maximum atomic E-state index is 12.0. The molecule has 1 heterocycles. The van der Waals surface area contributed by atoms with Gasteiger partial charge >= 0.3 is 5.97 Å². The zero-order valence-electron chi connectivity index (χ0n) is 11.3. The number of amides is 1. The SMILES string of the molecule is COC(=O)c1ccc(NC(=O)[C@@H]2CC[C@H](CN)O2)cc1. The molecule has 1 aliphatic rings. The van der Waals surface area contributed by atoms with Gasteiger partial charge in [-0.25, -0.2) is 4.79 Å². The molecule has 6 heteroatoms. The Kier molecular flexibility index (Phi) is 4.70. The first-order valence-corrected chi connectivity index (χ1v) is 6.49. The van der Waals surface area contributed by atoms with E-state index in [-0.39, 0.29) is 12.0 Å². The van der Waals surface area contributed by atoms with Crippen LogP contribution in [0.1, 0.15) is 23.2 Å². The lowest BCUT2D eigenvalue weighted by molar-refractivity contribution is -0.126. The van der Waals surface area contributed by atoms with E-state index in [9.17, 15) is 9.59 Å². The summed E-state index contributed by atoms with van der Waals surface area (Å²) in [6.07, 6.45) is 0.986. The van der Waals surface area contributed by atoms with Crippen molar-refractivity contribution in [2.75, 3.05) is 19.0 Å². The maximum absolute atomic E-state index is 12.0. The molecule has 1 fully saturated rings. The lowest BCUT2D eigenvalue weighted by atomic mass is 10.1. The van der Waals surface area contributed by atoms with Gasteiger partial charge in [-0.1, -0.05) is 0 Å². The number of anilines is 1. The average molecular weight is 278 g/mol. The summed E-state index contributed by atoms with van der Waals surface area (Å²) in [5.41, 5.74) is 6.56. The van der Waals surface area contributed by atoms with E-state index in [1.54, 1.807) is 24.3 Å². The summed E-state index contributed by atoms with van der Waals surface area (Å²) in [6, 6.07) is 6.50. The van der Waals surface area contributed by atoms with Crippen LogP contribution in [0.5, 0.6) is 0 Å². The molecule has 0 radical (unpaired) electrons. The molecule has 0 aromatic heterocycles. The van der Waals surface area contributed by atoms with Crippen molar-refractivity contribution >= 4 is 17.6 Å². The van der Waals surface area contributed by atoms with Crippen molar-refractivity contribution in [3.8, 4) is 0 Å². The van der Waals surface area contributed by atoms with Gasteiger partial charge in [-0.3, -0.25) is 4.79 Å². The third-order valence-electron chi connectivity index (χ3n) is 3.24. The Labute approximate surface area is 117 Å². The standard InChI is InChI=1S/C14H18N2O4/c1-19-14(18)9-2-4-10(5-3-9)16-13(17)12-7-6-11(8-15)20-12/h2-5,11-12H,6-8,15H2,1H3,(H,16,17)/t11-,12+/m1/s1. The van der Waals surface area contributed by atoms with Crippen molar-refractivity contribution in [1.29, 1.82) is 0 Å². The van der Waals surface area contributed by atoms with Crippen LogP contribution < -0.4 is 11.1 Å². The third kappa shape index (κ3) is 3.34. The van der Waals surface area contributed by atoms with Gasteiger partial charge in [0, 0.05) is 12.2 Å². The van der Waals surface area contributed by atoms with Crippen LogP contribution in [0.4, 0.5) is 5.69 Å². The van der Waals surface area contributed by atoms with Crippen LogP contribution in [-0.4, -0.2) is 37.7 Å². The fraction of sp³-hybridized carbons (Fsp3) is 0.429. The number of nitrogens with two attached hydrogens (primary N) is 1. The van der Waals surface area contributed by atoms with E-state index in [4.69, 9.17) is 10.5 Å². The van der Waals surface area contributed by atoms with Crippen molar-refractivity contribution in [3.63, 3.8) is 0 Å². The molecule has 1 aromatic carbocycles. The fourth-order valence-corrected chi connectivity index (χ4v) is 2.10. The summed E-state index contributed by atoms with van der Waals surface area (Å²) in [7, 11) is 1.32. The largest absolute Gasteiger partial charge is 0.465 e. The molecule has 0 unspecified atom stereocenters. The molecule has 1 saturated heterocycles. The first-order chi connectivity index (χ1) is 9.63. The Bertz CT molecular complexity index is 486. The summed E-state index contributed by atoms with van der Waals surface area (Å²) in [5.74, 6) is -0.598. The number of rotatable bonds is 4. The van der Waals surface area contributed by atoms with Crippen molar-refractivity contribution in [2.24, 2.45) is 5.73 Å². The van der Waals surface area contributed by atoms with Crippen molar-refractivity contribution in [3.05, 3.63) is 29.8 Å². The van der Waals surface area contributed by atoms with Gasteiger partial charge in [0.25, 0.3) is 5.91 Å². The molecular weight excluding hydrogens is 260 g/mol. The molecule has 108 valence electrons. The fourth-order valence-electron chi connectivity index (χ4n) is 2.10. The molecule has 2 rings (SSSR count). The second-order valence-electron chi connectivity index (χ2n) is 4.62. The summed E-state index contributed by atoms with van der Waals surface area (Å²) in [5, 5.41) is 2.76. The molecule has 0 spiro atoms. The minimum atomic E-state index is -0.455. The number of carbonyl (C=O) groups excluding carboxylic acids is 2. The normalized spacial score (nSPS) is 21.5. The Hall–Kier alpha value is -1.92. The summed E-state index contributed by atoms with van der Waals surface area (Å²) < 4.78 is 10.1. The molecule has 0 aliphatic carbocycles. The summed E-state index contributed by atoms with van der Waals surface area (Å²) in [4.78, 5) is 23.3. The number of hydrogen-bond acceptors (Lipinski definition) is 5. The molecule has 1 aliphatic heterocycles. The van der Waals surface area contributed by atoms with Gasteiger partial charge < -0.3 is 20.5 Å². The van der Waals surface area contributed by atoms with Gasteiger partial charge in [0.05, 0.1) is 18.8 Å². The highest BCUT2D eigenvalue weighted by molar-refractivity contribution is 5.95. The summed E-state index contributed by atoms with van der Waals surface area (Å²) in [6.45, 7) is 0.428. The number of hydrogen-bond donors (Lipinski definition) is 2. The average Bonchev–Trinajstić information content (AvgIpc) is 2.96. The maximum Gasteiger partial charge on any atom is 0.337 e. The minimum Gasteiger partial charge on any atom is -0.465 e. The molecule has 1 aromatic rings. The molecule has 3 N–H and O–H groups in total. The lowest BCUT2D eigenvalue weighted by Gasteiger charge is -2.12. The van der Waals surface area contributed by atoms with Crippen molar-refractivity contribution < 1.29 is 19.1 Å². The second kappa shape index (κ2) is 6.49. The molecule has 6 nitrogen and oxygen atoms in total. The van der Waals surface area contributed by atoms with Gasteiger partial charge in [-0.15, -0.1) is 0 Å². The zero-order valence-corrected chi connectivity index (χ0v) is 11.3. The number of benzene rings is 1. The number of nitrogens with one attached hydrogen (secondary N) is 1. The minimum absolute atomic E-state index is 0.0348. The monoisotopic (exact) mass is 278 g/mol. The Morgan fingerprint density at radius 1 is 1.35 bits per heavy atom. The van der Waals surface area contributed by atoms with E-state index in [0.717, 1.165) is 6.42 Å². The van der Waals surface area contributed by atoms with E-state index in [1.807, 2.05) is 0 Å². The van der Waals surface area contributed by atoms with Crippen LogP contribution >= 0.6 is 0 Å². The smallest absolute Gasteiger partial charge is 0.337 e. The predicted molar refractivity (Wildman–Crippen MR) is 73.4 cm³/mol. The number of esters is 1. The van der Waals surface area contributed by atoms with Crippen LogP contribution in [0.15, 0.2) is 24.3 Å². The molecule has 2 atom stereocenters. The number of methoxy groups -OCH3 is 1. The van der Waals surface area contributed by atoms with Crippen LogP contribution in [0, 0.1) is 0 Å². The first kappa shape index (κ1) is 14.5. The van der Waals surface area contributed by atoms with E-state index < -0.39 is 12.1 Å². The highest BCUT2D eigenvalue weighted by Crippen LogP contribution is 2.20. The number of ether oxygens (including phenoxy) is 2. The molecule has 20 heavy (non-hydrogen) atoms. The molecular formula is C14H18N2O4. The van der Waals surface area contributed by atoms with Gasteiger partial charge in [-0.05, 0) is 37.1 Å². The third-order valence-corrected chi connectivity index (χ3v) is 3.24. The number of carbonyl (C=O) groups is 2. The van der Waals surface area contributed by atoms with Crippen LogP contribution in [0.2, 0.25) is 0 Å². The van der Waals surface area contributed by atoms with Gasteiger partial charge in [0.1, 0.15) is 6.10 Å². The van der Waals surface area contributed by atoms with Crippen molar-refractivity contribution in [1.82, 2.24) is 0 Å². The topological polar surface area (TPSA) is 90.7 Å². The van der Waals surface area contributed by atoms with Crippen LogP contribution in [0.25, 0.3) is 0 Å². The van der Waals surface area contributed by atoms with E-state index in [2.05, 4.69) is 10.1 Å². The molecule has 0 saturated carbocycles. The van der Waals surface area contributed by atoms with Crippen molar-refractivity contribution in [2.45, 2.75) is 25.0 Å². The second-order valence-corrected chi connectivity index (χ2v) is 4.62. The highest BCUT2D eigenvalue weighted by Gasteiger charge is 2.29. The predicted octanol–water partition coefficient (Wildman–Crippen LogP) is 0.918. The van der Waals surface area contributed by atoms with Crippen LogP contribution in [-0.2, 0) is 14.3 Å². The van der Waals surface area contributed by atoms with E-state index in [0.29, 0.717) is 24.2 Å². The summed E-state index contributed by atoms with van der Waals surface area (Å²) >= 11 is 0. The Morgan fingerprint density at radius 3 is 2.60 bits per heavy atom. The first-order valence-electron chi connectivity index (χ1n) is 6.49.